The highest BCUT2D eigenvalue weighted by Crippen LogP contribution is 2.27. The van der Waals surface area contributed by atoms with Gasteiger partial charge in [-0.15, -0.1) is 0 Å². The predicted octanol–water partition coefficient (Wildman–Crippen LogP) is 2.10. The molecule has 1 N–H and O–H groups in total. The van der Waals surface area contributed by atoms with Crippen molar-refractivity contribution in [1.29, 1.82) is 0 Å². The first-order valence-corrected chi connectivity index (χ1v) is 6.86. The minimum Gasteiger partial charge on any atom is -0.481 e. The zero-order valence-corrected chi connectivity index (χ0v) is 11.9. The Morgan fingerprint density at radius 3 is 2.70 bits per heavy atom. The van der Waals surface area contributed by atoms with Crippen molar-refractivity contribution in [3.05, 3.63) is 53.5 Å². The Hall–Kier alpha value is -3.22. The fourth-order valence-corrected chi connectivity index (χ4v) is 2.27. The smallest absolute Gasteiger partial charge is 0.305 e. The van der Waals surface area contributed by atoms with Crippen LogP contribution in [0, 0.1) is 0 Å². The van der Waals surface area contributed by atoms with Gasteiger partial charge in [-0.1, -0.05) is 0 Å². The van der Waals surface area contributed by atoms with Crippen LogP contribution in [0.4, 0.5) is 5.69 Å². The maximum Gasteiger partial charge on any atom is 0.305 e. The summed E-state index contributed by atoms with van der Waals surface area (Å²) in [5, 5.41) is 8.69. The second-order valence-corrected chi connectivity index (χ2v) is 4.91. The van der Waals surface area contributed by atoms with Gasteiger partial charge in [0.2, 0.25) is 0 Å². The average Bonchev–Trinajstić information content (AvgIpc) is 3.12. The maximum atomic E-state index is 12.2. The molecular formula is C16H12N2O5. The van der Waals surface area contributed by atoms with Crippen molar-refractivity contribution in [3.8, 4) is 0 Å². The Balaban J connectivity index is 1.83. The van der Waals surface area contributed by atoms with Crippen LogP contribution in [-0.2, 0) is 4.79 Å². The summed E-state index contributed by atoms with van der Waals surface area (Å²) in [6.07, 6.45) is 2.74. The molecule has 1 aliphatic rings. The van der Waals surface area contributed by atoms with Crippen LogP contribution in [-0.4, -0.2) is 40.5 Å². The zero-order valence-electron chi connectivity index (χ0n) is 11.9. The van der Waals surface area contributed by atoms with Crippen molar-refractivity contribution in [2.45, 2.75) is 6.42 Å². The Labute approximate surface area is 130 Å². The topological polar surface area (TPSA) is 100 Å². The summed E-state index contributed by atoms with van der Waals surface area (Å²) >= 11 is 0. The molecule has 0 radical (unpaired) electrons. The summed E-state index contributed by atoms with van der Waals surface area (Å²) < 4.78 is 5.12. The van der Waals surface area contributed by atoms with Gasteiger partial charge in [-0.3, -0.25) is 24.3 Å². The van der Waals surface area contributed by atoms with Crippen LogP contribution in [0.25, 0.3) is 0 Å². The number of hydrogen-bond acceptors (Lipinski definition) is 5. The molecule has 0 fully saturated rings. The third-order valence-corrected chi connectivity index (χ3v) is 3.39. The van der Waals surface area contributed by atoms with Crippen LogP contribution >= 0.6 is 0 Å². The number of hydrogen-bond donors (Lipinski definition) is 1. The Morgan fingerprint density at radius 1 is 1.22 bits per heavy atom. The third-order valence-electron chi connectivity index (χ3n) is 3.39. The first-order valence-electron chi connectivity index (χ1n) is 6.86. The van der Waals surface area contributed by atoms with Crippen LogP contribution < -0.4 is 0 Å². The van der Waals surface area contributed by atoms with E-state index in [1.54, 1.807) is 18.2 Å². The van der Waals surface area contributed by atoms with Gasteiger partial charge in [-0.2, -0.15) is 0 Å². The standard InChI is InChI=1S/C16H12N2O5/c19-14(20)5-6-18-15(21)12-4-3-10(8-13(12)16(18)22)17-9-11-2-1-7-23-11/h1-4,7-9H,5-6H2,(H,19,20). The predicted molar refractivity (Wildman–Crippen MR) is 80.0 cm³/mol. The van der Waals surface area contributed by atoms with Gasteiger partial charge < -0.3 is 9.52 Å². The lowest BCUT2D eigenvalue weighted by Gasteiger charge is -2.11. The summed E-state index contributed by atoms with van der Waals surface area (Å²) in [4.78, 5) is 40.1. The lowest BCUT2D eigenvalue weighted by molar-refractivity contribution is -0.137. The van der Waals surface area contributed by atoms with Gasteiger partial charge >= 0.3 is 5.97 Å². The average molecular weight is 312 g/mol. The summed E-state index contributed by atoms with van der Waals surface area (Å²) in [5.41, 5.74) is 0.994. The number of fused-ring (bicyclic) bond motifs is 1. The van der Waals surface area contributed by atoms with E-state index in [-0.39, 0.29) is 24.1 Å². The molecule has 0 bridgehead atoms. The van der Waals surface area contributed by atoms with E-state index in [0.29, 0.717) is 11.4 Å². The fourth-order valence-electron chi connectivity index (χ4n) is 2.27. The number of carboxylic acid groups (broad SMARTS) is 1. The quantitative estimate of drug-likeness (QED) is 0.673. The van der Waals surface area contributed by atoms with Gasteiger partial charge in [0.05, 0.1) is 35.7 Å². The largest absolute Gasteiger partial charge is 0.481 e. The van der Waals surface area contributed by atoms with Crippen molar-refractivity contribution in [1.82, 2.24) is 4.90 Å². The van der Waals surface area contributed by atoms with Gasteiger partial charge in [0.1, 0.15) is 5.76 Å². The summed E-state index contributed by atoms with van der Waals surface area (Å²) in [7, 11) is 0. The van der Waals surface area contributed by atoms with Gasteiger partial charge in [-0.25, -0.2) is 0 Å². The molecule has 1 aliphatic heterocycles. The molecule has 0 atom stereocenters. The minimum atomic E-state index is -1.06. The van der Waals surface area contributed by atoms with E-state index in [4.69, 9.17) is 9.52 Å². The van der Waals surface area contributed by atoms with Crippen LogP contribution in [0.2, 0.25) is 0 Å². The number of nitrogens with zero attached hydrogens (tertiary/aromatic N) is 2. The highest BCUT2D eigenvalue weighted by atomic mass is 16.4. The van der Waals surface area contributed by atoms with E-state index in [0.717, 1.165) is 4.90 Å². The third kappa shape index (κ3) is 2.89. The second-order valence-electron chi connectivity index (χ2n) is 4.91. The molecule has 3 rings (SSSR count). The molecule has 0 aliphatic carbocycles. The lowest BCUT2D eigenvalue weighted by Crippen LogP contribution is -2.31. The molecular weight excluding hydrogens is 300 g/mol. The van der Waals surface area contributed by atoms with E-state index in [1.165, 1.54) is 24.6 Å². The molecule has 1 aromatic carbocycles. The van der Waals surface area contributed by atoms with Crippen LogP contribution in [0.5, 0.6) is 0 Å². The number of carboxylic acids is 1. The minimum absolute atomic E-state index is 0.146. The van der Waals surface area contributed by atoms with Gasteiger partial charge in [0.25, 0.3) is 11.8 Å². The number of amides is 2. The SMILES string of the molecule is O=C(O)CCN1C(=O)c2ccc(N=Cc3ccco3)cc2C1=O. The highest BCUT2D eigenvalue weighted by Gasteiger charge is 2.35. The monoisotopic (exact) mass is 312 g/mol. The van der Waals surface area contributed by atoms with Crippen molar-refractivity contribution in [2.75, 3.05) is 6.54 Å². The van der Waals surface area contributed by atoms with Crippen molar-refractivity contribution < 1.29 is 23.9 Å². The first-order chi connectivity index (χ1) is 11.1. The Kier molecular flexibility index (Phi) is 3.76. The number of benzene rings is 1. The van der Waals surface area contributed by atoms with E-state index >= 15 is 0 Å². The first kappa shape index (κ1) is 14.7. The molecule has 7 nitrogen and oxygen atoms in total. The molecule has 0 unspecified atom stereocenters. The van der Waals surface area contributed by atoms with Crippen molar-refractivity contribution in [3.63, 3.8) is 0 Å². The summed E-state index contributed by atoms with van der Waals surface area (Å²) in [6.45, 7) is -0.146. The molecule has 2 amide bonds. The summed E-state index contributed by atoms with van der Waals surface area (Å²) in [6, 6.07) is 8.11. The maximum absolute atomic E-state index is 12.2. The molecule has 1 aromatic heterocycles. The summed E-state index contributed by atoms with van der Waals surface area (Å²) in [5.74, 6) is -1.48. The molecule has 0 spiro atoms. The van der Waals surface area contributed by atoms with Crippen LogP contribution in [0.3, 0.4) is 0 Å². The van der Waals surface area contributed by atoms with E-state index in [1.807, 2.05) is 0 Å². The normalized spacial score (nSPS) is 13.8. The van der Waals surface area contributed by atoms with Crippen LogP contribution in [0.1, 0.15) is 32.9 Å². The molecule has 116 valence electrons. The molecule has 23 heavy (non-hydrogen) atoms. The van der Waals surface area contributed by atoms with Crippen LogP contribution in [0.15, 0.2) is 46.0 Å². The number of carbonyl (C=O) groups is 3. The van der Waals surface area contributed by atoms with Crippen molar-refractivity contribution >= 4 is 29.7 Å². The second kappa shape index (κ2) is 5.88. The Morgan fingerprint density at radius 2 is 2.00 bits per heavy atom. The number of carbonyl (C=O) groups excluding carboxylic acids is 2. The number of aliphatic imine (C=N–C) groups is 1. The van der Waals surface area contributed by atoms with E-state index in [2.05, 4.69) is 4.99 Å². The van der Waals surface area contributed by atoms with Gasteiger partial charge in [0.15, 0.2) is 0 Å². The lowest BCUT2D eigenvalue weighted by atomic mass is 10.1. The van der Waals surface area contributed by atoms with Gasteiger partial charge in [-0.05, 0) is 30.3 Å². The number of rotatable bonds is 5. The molecule has 2 aromatic rings. The number of imide groups is 1. The Bertz CT molecular complexity index is 808. The number of aliphatic carboxylic acids is 1. The van der Waals surface area contributed by atoms with E-state index in [9.17, 15) is 14.4 Å². The molecule has 7 heteroatoms. The molecule has 0 saturated carbocycles. The van der Waals surface area contributed by atoms with Crippen molar-refractivity contribution in [2.24, 2.45) is 4.99 Å². The number of furan rings is 1. The molecule has 0 saturated heterocycles. The van der Waals surface area contributed by atoms with Gasteiger partial charge in [0, 0.05) is 6.54 Å². The highest BCUT2D eigenvalue weighted by molar-refractivity contribution is 6.21. The molecule has 2 heterocycles. The fraction of sp³-hybridized carbons (Fsp3) is 0.125. The zero-order chi connectivity index (χ0) is 16.4. The van der Waals surface area contributed by atoms with E-state index < -0.39 is 17.8 Å².